The number of aliphatic hydroxyl groups is 1. The molecular formula is C23H39N3O4. The second kappa shape index (κ2) is 15.5. The fraction of sp³-hybridized carbons (Fsp3) is 0.652. The van der Waals surface area contributed by atoms with Crippen molar-refractivity contribution in [3.63, 3.8) is 0 Å². The van der Waals surface area contributed by atoms with E-state index in [0.29, 0.717) is 19.0 Å². The van der Waals surface area contributed by atoms with Gasteiger partial charge in [-0.1, -0.05) is 25.0 Å². The molecule has 0 amide bonds. The van der Waals surface area contributed by atoms with Gasteiger partial charge in [0.1, 0.15) is 5.75 Å². The number of hydrogen-bond acceptors (Lipinski definition) is 5. The van der Waals surface area contributed by atoms with Crippen molar-refractivity contribution in [3.05, 3.63) is 29.8 Å². The Labute approximate surface area is 181 Å². The number of rotatable bonds is 14. The molecule has 0 aliphatic rings. The third-order valence-electron chi connectivity index (χ3n) is 4.29. The highest BCUT2D eigenvalue weighted by Gasteiger charge is 2.09. The van der Waals surface area contributed by atoms with Crippen LogP contribution < -0.4 is 15.4 Å². The molecule has 170 valence electrons. The number of hydrogen-bond donors (Lipinski definition) is 3. The minimum Gasteiger partial charge on any atom is -0.491 e. The highest BCUT2D eigenvalue weighted by Crippen LogP contribution is 2.20. The summed E-state index contributed by atoms with van der Waals surface area (Å²) in [6.45, 7) is 10.0. The first-order chi connectivity index (χ1) is 14.5. The molecule has 7 heteroatoms. The van der Waals surface area contributed by atoms with Crippen molar-refractivity contribution < 1.29 is 19.4 Å². The van der Waals surface area contributed by atoms with Gasteiger partial charge >= 0.3 is 5.97 Å². The van der Waals surface area contributed by atoms with Gasteiger partial charge in [-0.05, 0) is 58.2 Å². The van der Waals surface area contributed by atoms with Crippen LogP contribution in [0.25, 0.3) is 0 Å². The summed E-state index contributed by atoms with van der Waals surface area (Å²) in [6, 6.07) is 7.50. The standard InChI is InChI=1S/C23H39N3O4/c1-5-24-23(25-15-10-8-7-9-14-22(28)29-6-2)26-17-21(27)19-12-11-13-20(16-19)30-18(3)4/h11-13,16,18,21,27H,5-10,14-15,17H2,1-4H3,(H2,24,25,26). The van der Waals surface area contributed by atoms with Gasteiger partial charge in [0.05, 0.1) is 25.4 Å². The van der Waals surface area contributed by atoms with E-state index in [1.165, 1.54) is 0 Å². The summed E-state index contributed by atoms with van der Waals surface area (Å²) in [6.07, 6.45) is 3.78. The Morgan fingerprint density at radius 1 is 1.13 bits per heavy atom. The van der Waals surface area contributed by atoms with Crippen LogP contribution in [0, 0.1) is 0 Å². The number of carbonyl (C=O) groups is 1. The number of guanidine groups is 1. The average molecular weight is 422 g/mol. The van der Waals surface area contributed by atoms with E-state index in [9.17, 15) is 9.90 Å². The molecule has 0 radical (unpaired) electrons. The van der Waals surface area contributed by atoms with Gasteiger partial charge in [0.2, 0.25) is 0 Å². The SMILES string of the molecule is CCNC(=NCC(O)c1cccc(OC(C)C)c1)NCCCCCCC(=O)OCC. The molecular weight excluding hydrogens is 382 g/mol. The Kier molecular flexibility index (Phi) is 13.3. The smallest absolute Gasteiger partial charge is 0.305 e. The fourth-order valence-corrected chi connectivity index (χ4v) is 2.88. The van der Waals surface area contributed by atoms with Crippen molar-refractivity contribution in [2.75, 3.05) is 26.2 Å². The Bertz CT molecular complexity index is 635. The number of unbranched alkanes of at least 4 members (excludes halogenated alkanes) is 3. The molecule has 0 heterocycles. The van der Waals surface area contributed by atoms with Gasteiger partial charge in [-0.25, -0.2) is 0 Å². The molecule has 1 atom stereocenters. The van der Waals surface area contributed by atoms with E-state index in [4.69, 9.17) is 9.47 Å². The predicted octanol–water partition coefficient (Wildman–Crippen LogP) is 3.58. The second-order valence-electron chi connectivity index (χ2n) is 7.37. The van der Waals surface area contributed by atoms with Crippen molar-refractivity contribution in [1.82, 2.24) is 10.6 Å². The number of esters is 1. The molecule has 0 aliphatic carbocycles. The maximum Gasteiger partial charge on any atom is 0.305 e. The maximum absolute atomic E-state index is 11.3. The lowest BCUT2D eigenvalue weighted by atomic mass is 10.1. The van der Waals surface area contributed by atoms with Gasteiger partial charge in [0.25, 0.3) is 0 Å². The lowest BCUT2D eigenvalue weighted by Crippen LogP contribution is -2.38. The molecule has 1 aromatic rings. The zero-order valence-corrected chi connectivity index (χ0v) is 18.9. The molecule has 3 N–H and O–H groups in total. The van der Waals surface area contributed by atoms with Crippen LogP contribution in [0.15, 0.2) is 29.3 Å². The quantitative estimate of drug-likeness (QED) is 0.184. The van der Waals surface area contributed by atoms with Gasteiger partial charge in [0.15, 0.2) is 5.96 Å². The van der Waals surface area contributed by atoms with Crippen LogP contribution in [-0.4, -0.2) is 49.4 Å². The summed E-state index contributed by atoms with van der Waals surface area (Å²) >= 11 is 0. The Morgan fingerprint density at radius 2 is 1.90 bits per heavy atom. The van der Waals surface area contributed by atoms with E-state index in [2.05, 4.69) is 15.6 Å². The van der Waals surface area contributed by atoms with Crippen LogP contribution in [0.1, 0.15) is 71.5 Å². The van der Waals surface area contributed by atoms with E-state index in [1.807, 2.05) is 52.0 Å². The van der Waals surface area contributed by atoms with Crippen LogP contribution in [0.3, 0.4) is 0 Å². The molecule has 0 saturated heterocycles. The number of nitrogens with one attached hydrogen (secondary N) is 2. The highest BCUT2D eigenvalue weighted by atomic mass is 16.5. The summed E-state index contributed by atoms with van der Waals surface area (Å²) in [5, 5.41) is 17.0. The lowest BCUT2D eigenvalue weighted by molar-refractivity contribution is -0.143. The Balaban J connectivity index is 2.38. The normalized spacial score (nSPS) is 12.5. The third-order valence-corrected chi connectivity index (χ3v) is 4.29. The molecule has 1 unspecified atom stereocenters. The van der Waals surface area contributed by atoms with Crippen LogP contribution in [0.2, 0.25) is 0 Å². The number of benzene rings is 1. The van der Waals surface area contributed by atoms with Crippen LogP contribution in [0.5, 0.6) is 5.75 Å². The first-order valence-electron chi connectivity index (χ1n) is 11.1. The molecule has 7 nitrogen and oxygen atoms in total. The summed E-state index contributed by atoms with van der Waals surface area (Å²) in [7, 11) is 0. The van der Waals surface area contributed by atoms with E-state index in [1.54, 1.807) is 0 Å². The van der Waals surface area contributed by atoms with Gasteiger partial charge in [-0.15, -0.1) is 0 Å². The number of carbonyl (C=O) groups excluding carboxylic acids is 1. The number of nitrogens with zero attached hydrogens (tertiary/aromatic N) is 1. The maximum atomic E-state index is 11.3. The largest absolute Gasteiger partial charge is 0.491 e. The molecule has 1 aromatic carbocycles. The summed E-state index contributed by atoms with van der Waals surface area (Å²) in [5.41, 5.74) is 0.786. The Morgan fingerprint density at radius 3 is 2.60 bits per heavy atom. The number of aliphatic imine (C=N–C) groups is 1. The molecule has 0 bridgehead atoms. The van der Waals surface area contributed by atoms with Gasteiger partial charge in [-0.3, -0.25) is 9.79 Å². The van der Waals surface area contributed by atoms with Crippen molar-refractivity contribution in [2.24, 2.45) is 4.99 Å². The van der Waals surface area contributed by atoms with Crippen molar-refractivity contribution in [2.45, 2.75) is 72.0 Å². The Hall–Kier alpha value is -2.28. The van der Waals surface area contributed by atoms with Crippen LogP contribution >= 0.6 is 0 Å². The average Bonchev–Trinajstić information content (AvgIpc) is 2.70. The zero-order chi connectivity index (χ0) is 22.2. The van der Waals surface area contributed by atoms with Crippen LogP contribution in [0.4, 0.5) is 0 Å². The molecule has 0 saturated carbocycles. The molecule has 1 rings (SSSR count). The predicted molar refractivity (Wildman–Crippen MR) is 121 cm³/mol. The minimum absolute atomic E-state index is 0.0881. The van der Waals surface area contributed by atoms with Gasteiger partial charge in [-0.2, -0.15) is 0 Å². The van der Waals surface area contributed by atoms with Crippen molar-refractivity contribution >= 4 is 11.9 Å². The van der Waals surface area contributed by atoms with Crippen molar-refractivity contribution in [1.29, 1.82) is 0 Å². The topological polar surface area (TPSA) is 92.2 Å². The first-order valence-corrected chi connectivity index (χ1v) is 11.1. The lowest BCUT2D eigenvalue weighted by Gasteiger charge is -2.15. The van der Waals surface area contributed by atoms with Gasteiger partial charge < -0.3 is 25.2 Å². The third kappa shape index (κ3) is 11.7. The fourth-order valence-electron chi connectivity index (χ4n) is 2.88. The van der Waals surface area contributed by atoms with E-state index in [-0.39, 0.29) is 18.6 Å². The van der Waals surface area contributed by atoms with Gasteiger partial charge in [0, 0.05) is 19.5 Å². The second-order valence-corrected chi connectivity index (χ2v) is 7.37. The molecule has 0 fully saturated rings. The summed E-state index contributed by atoms with van der Waals surface area (Å²) in [5.74, 6) is 1.33. The zero-order valence-electron chi connectivity index (χ0n) is 18.9. The van der Waals surface area contributed by atoms with Crippen molar-refractivity contribution in [3.8, 4) is 5.75 Å². The molecule has 0 aliphatic heterocycles. The number of aliphatic hydroxyl groups excluding tert-OH is 1. The number of ether oxygens (including phenoxy) is 2. The van der Waals surface area contributed by atoms with Crippen LogP contribution in [-0.2, 0) is 9.53 Å². The van der Waals surface area contributed by atoms with E-state index < -0.39 is 6.10 Å². The first kappa shape index (κ1) is 25.8. The molecule has 0 spiro atoms. The summed E-state index contributed by atoms with van der Waals surface area (Å²) in [4.78, 5) is 15.8. The van der Waals surface area contributed by atoms with E-state index >= 15 is 0 Å². The monoisotopic (exact) mass is 421 g/mol. The molecule has 30 heavy (non-hydrogen) atoms. The minimum atomic E-state index is -0.695. The van der Waals surface area contributed by atoms with E-state index in [0.717, 1.165) is 50.1 Å². The molecule has 0 aromatic heterocycles. The highest BCUT2D eigenvalue weighted by molar-refractivity contribution is 5.79. The summed E-state index contributed by atoms with van der Waals surface area (Å²) < 4.78 is 10.6.